The molecule has 0 aromatic heterocycles. The minimum Gasteiger partial charge on any atom is -0.396 e. The molecule has 120 valence electrons. The van der Waals surface area contributed by atoms with E-state index in [1.165, 1.54) is 18.2 Å². The molecule has 2 N–H and O–H groups in total. The Hall–Kier alpha value is -2.21. The minimum absolute atomic E-state index is 0.00575. The van der Waals surface area contributed by atoms with E-state index < -0.39 is 4.92 Å². The van der Waals surface area contributed by atoms with Crippen molar-refractivity contribution in [1.29, 1.82) is 0 Å². The maximum Gasteiger partial charge on any atom is 0.270 e. The van der Waals surface area contributed by atoms with Crippen LogP contribution in [0.3, 0.4) is 0 Å². The second kappa shape index (κ2) is 8.29. The Labute approximate surface area is 130 Å². The number of hydrogen-bond donors (Lipinski definition) is 2. The number of benzene rings is 1. The number of carbonyl (C=O) groups is 1. The van der Waals surface area contributed by atoms with Crippen LogP contribution in [0.1, 0.15) is 32.3 Å². The SMILES string of the molecule is CC(C)(CO)CCCNC(=O)/C=C/c1cccc([N+](=O)[O-])c1. The second-order valence-electron chi connectivity index (χ2n) is 5.90. The fourth-order valence-electron chi connectivity index (χ4n) is 1.83. The van der Waals surface area contributed by atoms with Gasteiger partial charge in [-0.2, -0.15) is 0 Å². The normalized spacial score (nSPS) is 11.6. The average molecular weight is 306 g/mol. The number of hydrogen-bond acceptors (Lipinski definition) is 4. The van der Waals surface area contributed by atoms with Crippen molar-refractivity contribution in [2.75, 3.05) is 13.2 Å². The van der Waals surface area contributed by atoms with Crippen molar-refractivity contribution in [2.24, 2.45) is 5.41 Å². The first-order valence-electron chi connectivity index (χ1n) is 7.15. The zero-order valence-corrected chi connectivity index (χ0v) is 12.9. The number of nitrogens with one attached hydrogen (secondary N) is 1. The van der Waals surface area contributed by atoms with Crippen molar-refractivity contribution in [1.82, 2.24) is 5.32 Å². The van der Waals surface area contributed by atoms with Gasteiger partial charge in [-0.3, -0.25) is 14.9 Å². The molecule has 1 amide bonds. The van der Waals surface area contributed by atoms with Crippen LogP contribution in [0, 0.1) is 15.5 Å². The molecule has 0 aliphatic carbocycles. The molecule has 0 unspecified atom stereocenters. The molecule has 6 nitrogen and oxygen atoms in total. The summed E-state index contributed by atoms with van der Waals surface area (Å²) in [6, 6.07) is 6.08. The van der Waals surface area contributed by atoms with E-state index in [0.717, 1.165) is 12.8 Å². The van der Waals surface area contributed by atoms with Crippen molar-refractivity contribution >= 4 is 17.7 Å². The number of amides is 1. The van der Waals surface area contributed by atoms with Gasteiger partial charge < -0.3 is 10.4 Å². The summed E-state index contributed by atoms with van der Waals surface area (Å²) in [5, 5.41) is 22.5. The van der Waals surface area contributed by atoms with E-state index in [0.29, 0.717) is 12.1 Å². The van der Waals surface area contributed by atoms with Crippen molar-refractivity contribution in [2.45, 2.75) is 26.7 Å². The first-order chi connectivity index (χ1) is 10.3. The third kappa shape index (κ3) is 6.49. The van der Waals surface area contributed by atoms with Gasteiger partial charge in [-0.05, 0) is 29.9 Å². The lowest BCUT2D eigenvalue weighted by molar-refractivity contribution is -0.384. The van der Waals surface area contributed by atoms with Gasteiger partial charge in [0.05, 0.1) is 4.92 Å². The summed E-state index contributed by atoms with van der Waals surface area (Å²) in [7, 11) is 0. The molecule has 0 radical (unpaired) electrons. The lowest BCUT2D eigenvalue weighted by Gasteiger charge is -2.20. The van der Waals surface area contributed by atoms with Crippen LogP contribution in [0.2, 0.25) is 0 Å². The Morgan fingerprint density at radius 3 is 2.82 bits per heavy atom. The lowest BCUT2D eigenvalue weighted by atomic mass is 9.89. The van der Waals surface area contributed by atoms with Gasteiger partial charge in [-0.15, -0.1) is 0 Å². The molecule has 1 aromatic carbocycles. The van der Waals surface area contributed by atoms with Gasteiger partial charge in [0.1, 0.15) is 0 Å². The summed E-state index contributed by atoms with van der Waals surface area (Å²) in [5.74, 6) is -0.242. The van der Waals surface area contributed by atoms with Crippen molar-refractivity contribution in [3.8, 4) is 0 Å². The Kier molecular flexibility index (Phi) is 6.72. The number of nitro groups is 1. The second-order valence-corrected chi connectivity index (χ2v) is 5.90. The van der Waals surface area contributed by atoms with E-state index in [4.69, 9.17) is 5.11 Å². The third-order valence-electron chi connectivity index (χ3n) is 3.27. The number of nitrogens with zero attached hydrogens (tertiary/aromatic N) is 1. The number of aliphatic hydroxyl groups is 1. The highest BCUT2D eigenvalue weighted by molar-refractivity contribution is 5.91. The number of aliphatic hydroxyl groups excluding tert-OH is 1. The van der Waals surface area contributed by atoms with Crippen LogP contribution < -0.4 is 5.32 Å². The van der Waals surface area contributed by atoms with Crippen LogP contribution >= 0.6 is 0 Å². The Morgan fingerprint density at radius 1 is 1.45 bits per heavy atom. The maximum atomic E-state index is 11.6. The first kappa shape index (κ1) is 17.8. The summed E-state index contributed by atoms with van der Waals surface area (Å²) in [6.07, 6.45) is 4.50. The Bertz CT molecular complexity index is 553. The van der Waals surface area contributed by atoms with Crippen LogP contribution in [-0.4, -0.2) is 29.1 Å². The Balaban J connectivity index is 2.42. The molecule has 0 heterocycles. The van der Waals surface area contributed by atoms with E-state index >= 15 is 0 Å². The molecule has 1 aromatic rings. The van der Waals surface area contributed by atoms with Gasteiger partial charge >= 0.3 is 0 Å². The topological polar surface area (TPSA) is 92.5 Å². The minimum atomic E-state index is -0.472. The van der Waals surface area contributed by atoms with Crippen LogP contribution in [0.15, 0.2) is 30.3 Å². The van der Waals surface area contributed by atoms with Gasteiger partial charge in [0.25, 0.3) is 5.69 Å². The molecular weight excluding hydrogens is 284 g/mol. The first-order valence-corrected chi connectivity index (χ1v) is 7.15. The molecule has 1 rings (SSSR count). The quantitative estimate of drug-likeness (QED) is 0.334. The van der Waals surface area contributed by atoms with Crippen LogP contribution in [0.25, 0.3) is 6.08 Å². The molecule has 0 atom stereocenters. The summed E-state index contributed by atoms with van der Waals surface area (Å²) < 4.78 is 0. The van der Waals surface area contributed by atoms with Crippen LogP contribution in [0.4, 0.5) is 5.69 Å². The fraction of sp³-hybridized carbons (Fsp3) is 0.438. The van der Waals surface area contributed by atoms with E-state index in [2.05, 4.69) is 5.32 Å². The van der Waals surface area contributed by atoms with Crippen molar-refractivity contribution in [3.63, 3.8) is 0 Å². The molecule has 0 spiro atoms. The number of non-ortho nitro benzene ring substituents is 1. The van der Waals surface area contributed by atoms with Gasteiger partial charge in [0.2, 0.25) is 5.91 Å². The van der Waals surface area contributed by atoms with Crippen LogP contribution in [0.5, 0.6) is 0 Å². The predicted octanol–water partition coefficient (Wildman–Crippen LogP) is 2.52. The number of rotatable bonds is 8. The van der Waals surface area contributed by atoms with E-state index in [9.17, 15) is 14.9 Å². The van der Waals surface area contributed by atoms with Gasteiger partial charge in [0.15, 0.2) is 0 Å². The predicted molar refractivity (Wildman–Crippen MR) is 85.2 cm³/mol. The molecule has 0 aliphatic heterocycles. The molecule has 0 fully saturated rings. The smallest absolute Gasteiger partial charge is 0.270 e. The van der Waals surface area contributed by atoms with Gasteiger partial charge in [-0.1, -0.05) is 26.0 Å². The highest BCUT2D eigenvalue weighted by atomic mass is 16.6. The van der Waals surface area contributed by atoms with E-state index in [-0.39, 0.29) is 23.6 Å². The van der Waals surface area contributed by atoms with E-state index in [1.807, 2.05) is 13.8 Å². The fourth-order valence-corrected chi connectivity index (χ4v) is 1.83. The number of nitro benzene ring substituents is 1. The monoisotopic (exact) mass is 306 g/mol. The molecule has 22 heavy (non-hydrogen) atoms. The summed E-state index contributed by atoms with van der Waals surface area (Å²) >= 11 is 0. The van der Waals surface area contributed by atoms with Gasteiger partial charge in [0, 0.05) is 31.4 Å². The summed E-state index contributed by atoms with van der Waals surface area (Å²) in [4.78, 5) is 21.8. The summed E-state index contributed by atoms with van der Waals surface area (Å²) in [6.45, 7) is 4.59. The molecular formula is C16H22N2O4. The zero-order valence-electron chi connectivity index (χ0n) is 12.9. The molecule has 0 aliphatic rings. The molecule has 0 bridgehead atoms. The number of carbonyl (C=O) groups excluding carboxylic acids is 1. The standard InChI is InChI=1S/C16H22N2O4/c1-16(2,12-19)9-4-10-17-15(20)8-7-13-5-3-6-14(11-13)18(21)22/h3,5-8,11,19H,4,9-10,12H2,1-2H3,(H,17,20)/b8-7+. The van der Waals surface area contributed by atoms with Crippen molar-refractivity contribution < 1.29 is 14.8 Å². The zero-order chi connectivity index (χ0) is 16.6. The highest BCUT2D eigenvalue weighted by Gasteiger charge is 2.15. The van der Waals surface area contributed by atoms with E-state index in [1.54, 1.807) is 18.2 Å². The maximum absolute atomic E-state index is 11.6. The van der Waals surface area contributed by atoms with Gasteiger partial charge in [-0.25, -0.2) is 0 Å². The Morgan fingerprint density at radius 2 is 2.18 bits per heavy atom. The van der Waals surface area contributed by atoms with Crippen LogP contribution in [-0.2, 0) is 4.79 Å². The molecule has 6 heteroatoms. The largest absolute Gasteiger partial charge is 0.396 e. The average Bonchev–Trinajstić information content (AvgIpc) is 2.50. The highest BCUT2D eigenvalue weighted by Crippen LogP contribution is 2.20. The molecule has 0 saturated heterocycles. The molecule has 0 saturated carbocycles. The van der Waals surface area contributed by atoms with Crippen molar-refractivity contribution in [3.05, 3.63) is 46.0 Å². The summed E-state index contributed by atoms with van der Waals surface area (Å²) in [5.41, 5.74) is 0.461. The lowest BCUT2D eigenvalue weighted by Crippen LogP contribution is -2.24. The third-order valence-corrected chi connectivity index (χ3v) is 3.27.